The third kappa shape index (κ3) is 3.46. The molecule has 12 nitrogen and oxygen atoms in total. The topological polar surface area (TPSA) is 145 Å². The molecule has 2 aromatic rings. The molecule has 0 saturated carbocycles. The highest BCUT2D eigenvalue weighted by atomic mass is 32.2. The Kier molecular flexibility index (Phi) is 4.80. The van der Waals surface area contributed by atoms with Crippen LogP contribution in [0.1, 0.15) is 0 Å². The van der Waals surface area contributed by atoms with E-state index in [-0.39, 0.29) is 42.6 Å². The van der Waals surface area contributed by atoms with Crippen LogP contribution in [0.2, 0.25) is 0 Å². The molecule has 0 spiro atoms. The van der Waals surface area contributed by atoms with Crippen LogP contribution in [0.15, 0.2) is 35.5 Å². The van der Waals surface area contributed by atoms with Crippen LogP contribution in [0.5, 0.6) is 0 Å². The lowest BCUT2D eigenvalue weighted by molar-refractivity contribution is -0.388. The van der Waals surface area contributed by atoms with Crippen molar-refractivity contribution in [1.82, 2.24) is 13.9 Å². The summed E-state index contributed by atoms with van der Waals surface area (Å²) < 4.78 is 28.2. The summed E-state index contributed by atoms with van der Waals surface area (Å²) in [5.41, 5.74) is -0.305. The van der Waals surface area contributed by atoms with Crippen molar-refractivity contribution in [3.63, 3.8) is 0 Å². The van der Waals surface area contributed by atoms with Gasteiger partial charge in [-0.3, -0.25) is 14.7 Å². The highest BCUT2D eigenvalue weighted by Gasteiger charge is 2.33. The number of benzene rings is 1. The summed E-state index contributed by atoms with van der Waals surface area (Å²) in [5.74, 6) is 0.0277. The van der Waals surface area contributed by atoms with Crippen molar-refractivity contribution in [2.45, 2.75) is 4.90 Å². The van der Waals surface area contributed by atoms with E-state index in [9.17, 15) is 28.6 Å². The number of aromatic nitrogens is 2. The molecule has 1 fully saturated rings. The van der Waals surface area contributed by atoms with Gasteiger partial charge in [0, 0.05) is 45.4 Å². The monoisotopic (exact) mass is 396 g/mol. The van der Waals surface area contributed by atoms with Crippen LogP contribution in [0, 0.1) is 20.2 Å². The third-order valence-electron chi connectivity index (χ3n) is 4.26. The Morgan fingerprint density at radius 3 is 2.33 bits per heavy atom. The molecule has 27 heavy (non-hydrogen) atoms. The number of nitrogens with zero attached hydrogens (tertiary/aromatic N) is 6. The highest BCUT2D eigenvalue weighted by molar-refractivity contribution is 7.89. The number of non-ortho nitro benzene ring substituents is 1. The Balaban J connectivity index is 1.79. The Hall–Kier alpha value is -3.06. The molecule has 1 aliphatic rings. The molecule has 1 aliphatic heterocycles. The molecule has 0 unspecified atom stereocenters. The van der Waals surface area contributed by atoms with Gasteiger partial charge in [-0.25, -0.2) is 8.42 Å². The van der Waals surface area contributed by atoms with E-state index >= 15 is 0 Å². The van der Waals surface area contributed by atoms with Crippen molar-refractivity contribution < 1.29 is 18.3 Å². The summed E-state index contributed by atoms with van der Waals surface area (Å²) in [4.78, 5) is 26.1. The van der Waals surface area contributed by atoms with Crippen LogP contribution in [0.4, 0.5) is 17.3 Å². The van der Waals surface area contributed by atoms with Crippen LogP contribution < -0.4 is 4.90 Å². The molecule has 0 atom stereocenters. The molecular formula is C14H16N6O6S. The first-order chi connectivity index (χ1) is 12.7. The SMILES string of the molecule is Cn1cnc([N+](=O)[O-])c1N1CCN(S(=O)(=O)c2cccc([N+](=O)[O-])c2)CC1. The second kappa shape index (κ2) is 6.92. The average Bonchev–Trinajstić information content (AvgIpc) is 3.03. The molecule has 1 aromatic carbocycles. The van der Waals surface area contributed by atoms with Crippen LogP contribution >= 0.6 is 0 Å². The zero-order valence-corrected chi connectivity index (χ0v) is 15.1. The van der Waals surface area contributed by atoms with E-state index < -0.39 is 19.9 Å². The van der Waals surface area contributed by atoms with Crippen LogP contribution in [0.3, 0.4) is 0 Å². The molecule has 0 aliphatic carbocycles. The van der Waals surface area contributed by atoms with Crippen LogP contribution in [-0.4, -0.2) is 58.3 Å². The molecule has 0 bridgehead atoms. The predicted molar refractivity (Wildman–Crippen MR) is 93.9 cm³/mol. The van der Waals surface area contributed by atoms with E-state index in [0.29, 0.717) is 5.82 Å². The van der Waals surface area contributed by atoms with Gasteiger partial charge in [-0.15, -0.1) is 0 Å². The second-order valence-corrected chi connectivity index (χ2v) is 7.84. The molecule has 0 radical (unpaired) electrons. The van der Waals surface area contributed by atoms with Gasteiger partial charge < -0.3 is 15.0 Å². The molecule has 2 heterocycles. The summed E-state index contributed by atoms with van der Waals surface area (Å²) in [5, 5.41) is 22.0. The molecule has 144 valence electrons. The van der Waals surface area contributed by atoms with Gasteiger partial charge in [-0.05, 0) is 16.0 Å². The number of nitro groups is 2. The number of piperazine rings is 1. The van der Waals surface area contributed by atoms with Crippen LogP contribution in [0.25, 0.3) is 0 Å². The first-order valence-corrected chi connectivity index (χ1v) is 9.31. The standard InChI is InChI=1S/C14H16N6O6S/c1-16-10-15-13(20(23)24)14(16)17-5-7-18(8-6-17)27(25,26)12-4-2-3-11(9-12)19(21)22/h2-4,9-10H,5-8H2,1H3. The van der Waals surface area contributed by atoms with Gasteiger partial charge in [0.2, 0.25) is 22.2 Å². The first-order valence-electron chi connectivity index (χ1n) is 7.87. The zero-order valence-electron chi connectivity index (χ0n) is 14.3. The molecule has 1 saturated heterocycles. The summed E-state index contributed by atoms with van der Waals surface area (Å²) in [6, 6.07) is 4.87. The van der Waals surface area contributed by atoms with Crippen molar-refractivity contribution in [3.8, 4) is 0 Å². The van der Waals surface area contributed by atoms with Gasteiger partial charge in [0.25, 0.3) is 5.69 Å². The van der Waals surface area contributed by atoms with Gasteiger partial charge in [0.05, 0.1) is 9.82 Å². The minimum Gasteiger partial charge on any atom is -0.358 e. The number of anilines is 1. The van der Waals surface area contributed by atoms with Gasteiger partial charge >= 0.3 is 5.82 Å². The fourth-order valence-corrected chi connectivity index (χ4v) is 4.41. The maximum absolute atomic E-state index is 12.8. The number of sulfonamides is 1. The maximum atomic E-state index is 12.8. The van der Waals surface area contributed by atoms with Gasteiger partial charge in [-0.1, -0.05) is 6.07 Å². The van der Waals surface area contributed by atoms with E-state index in [1.54, 1.807) is 11.9 Å². The van der Waals surface area contributed by atoms with E-state index in [0.717, 1.165) is 6.07 Å². The van der Waals surface area contributed by atoms with Gasteiger partial charge in [0.15, 0.2) is 0 Å². The molecule has 3 rings (SSSR count). The molecule has 0 N–H and O–H groups in total. The lowest BCUT2D eigenvalue weighted by Crippen LogP contribution is -2.49. The lowest BCUT2D eigenvalue weighted by Gasteiger charge is -2.34. The van der Waals surface area contributed by atoms with E-state index in [1.807, 2.05) is 0 Å². The quantitative estimate of drug-likeness (QED) is 0.531. The van der Waals surface area contributed by atoms with E-state index in [1.165, 1.54) is 33.4 Å². The lowest BCUT2D eigenvalue weighted by atomic mass is 10.3. The van der Waals surface area contributed by atoms with Crippen molar-refractivity contribution in [1.29, 1.82) is 0 Å². The minimum atomic E-state index is -3.90. The van der Waals surface area contributed by atoms with Crippen LogP contribution in [-0.2, 0) is 17.1 Å². The number of imidazole rings is 1. The zero-order chi connectivity index (χ0) is 19.8. The van der Waals surface area contributed by atoms with Gasteiger partial charge in [-0.2, -0.15) is 4.31 Å². The summed E-state index contributed by atoms with van der Waals surface area (Å²) >= 11 is 0. The number of rotatable bonds is 5. The molecule has 0 amide bonds. The Morgan fingerprint density at radius 2 is 1.74 bits per heavy atom. The number of aryl methyl sites for hydroxylation is 1. The van der Waals surface area contributed by atoms with Crippen molar-refractivity contribution >= 4 is 27.3 Å². The number of nitro benzene ring substituents is 1. The van der Waals surface area contributed by atoms with Crippen molar-refractivity contribution in [3.05, 3.63) is 50.8 Å². The summed E-state index contributed by atoms with van der Waals surface area (Å²) in [6.45, 7) is 0.643. The smallest absolute Gasteiger partial charge is 0.358 e. The Bertz CT molecular complexity index is 995. The minimum absolute atomic E-state index is 0.0906. The second-order valence-electron chi connectivity index (χ2n) is 5.91. The maximum Gasteiger partial charge on any atom is 0.406 e. The molecule has 1 aromatic heterocycles. The Morgan fingerprint density at radius 1 is 1.07 bits per heavy atom. The predicted octanol–water partition coefficient (Wildman–Crippen LogP) is 0.747. The fraction of sp³-hybridized carbons (Fsp3) is 0.357. The third-order valence-corrected chi connectivity index (χ3v) is 6.16. The number of hydrogen-bond donors (Lipinski definition) is 0. The first kappa shape index (κ1) is 18.7. The van der Waals surface area contributed by atoms with E-state index in [4.69, 9.17) is 0 Å². The summed E-state index contributed by atoms with van der Waals surface area (Å²) in [6.07, 6.45) is 1.33. The highest BCUT2D eigenvalue weighted by Crippen LogP contribution is 2.28. The molecular weight excluding hydrogens is 380 g/mol. The van der Waals surface area contributed by atoms with Gasteiger partial charge in [0.1, 0.15) is 0 Å². The summed E-state index contributed by atoms with van der Waals surface area (Å²) in [7, 11) is -2.27. The fourth-order valence-electron chi connectivity index (χ4n) is 2.95. The van der Waals surface area contributed by atoms with Crippen molar-refractivity contribution in [2.24, 2.45) is 7.05 Å². The normalized spacial score (nSPS) is 15.7. The Labute approximate surface area is 154 Å². The van der Waals surface area contributed by atoms with Crippen molar-refractivity contribution in [2.75, 3.05) is 31.1 Å². The molecule has 13 heteroatoms. The average molecular weight is 396 g/mol. The van der Waals surface area contributed by atoms with E-state index in [2.05, 4.69) is 4.98 Å². The number of hydrogen-bond acceptors (Lipinski definition) is 8. The largest absolute Gasteiger partial charge is 0.406 e.